The van der Waals surface area contributed by atoms with E-state index in [-0.39, 0.29) is 18.3 Å². The summed E-state index contributed by atoms with van der Waals surface area (Å²) in [6.45, 7) is 3.69. The number of aromatic nitrogens is 4. The quantitative estimate of drug-likeness (QED) is 0.777. The van der Waals surface area contributed by atoms with Crippen molar-refractivity contribution in [1.82, 2.24) is 30.6 Å². The molecule has 2 aliphatic heterocycles. The highest BCUT2D eigenvalue weighted by Gasteiger charge is 2.38. The number of H-pyrrole nitrogens is 1. The number of amides is 1. The van der Waals surface area contributed by atoms with Gasteiger partial charge in [-0.2, -0.15) is 10.3 Å². The number of aromatic amines is 1. The molecule has 2 N–H and O–H groups in total. The molecule has 2 atom stereocenters. The Kier molecular flexibility index (Phi) is 3.31. The molecule has 7 nitrogen and oxygen atoms in total. The van der Waals surface area contributed by atoms with Gasteiger partial charge in [-0.15, -0.1) is 17.5 Å². The Morgan fingerprint density at radius 1 is 1.20 bits per heavy atom. The van der Waals surface area contributed by atoms with Crippen LogP contribution in [0.3, 0.4) is 0 Å². The lowest BCUT2D eigenvalue weighted by molar-refractivity contribution is 0.0776. The topological polar surface area (TPSA) is 86.8 Å². The zero-order chi connectivity index (χ0) is 12.8. The average Bonchev–Trinajstić information content (AvgIpc) is 3.11. The Labute approximate surface area is 121 Å². The number of pyridine rings is 1. The number of likely N-dealkylation sites (tertiary alicyclic amines) is 1. The molecule has 2 aliphatic rings. The molecule has 1 amide bonds. The van der Waals surface area contributed by atoms with Crippen molar-refractivity contribution >= 4 is 29.5 Å². The van der Waals surface area contributed by atoms with E-state index in [0.717, 1.165) is 26.2 Å². The highest BCUT2D eigenvalue weighted by atomic mass is 35.5. The molecule has 0 saturated carbocycles. The summed E-state index contributed by atoms with van der Waals surface area (Å²) in [6, 6.07) is 3.50. The summed E-state index contributed by atoms with van der Waals surface area (Å²) in [7, 11) is 0. The molecule has 8 heteroatoms. The van der Waals surface area contributed by atoms with Gasteiger partial charge in [-0.3, -0.25) is 4.79 Å². The van der Waals surface area contributed by atoms with Gasteiger partial charge in [-0.25, -0.2) is 4.98 Å². The van der Waals surface area contributed by atoms with Gasteiger partial charge in [-0.05, 0) is 24.0 Å². The molecular weight excluding hydrogens is 280 g/mol. The van der Waals surface area contributed by atoms with Crippen LogP contribution in [0, 0.1) is 11.8 Å². The molecule has 20 heavy (non-hydrogen) atoms. The van der Waals surface area contributed by atoms with E-state index in [0.29, 0.717) is 28.7 Å². The second kappa shape index (κ2) is 4.99. The molecule has 0 radical (unpaired) electrons. The van der Waals surface area contributed by atoms with Crippen LogP contribution in [0.4, 0.5) is 0 Å². The molecule has 2 aromatic rings. The molecule has 0 unspecified atom stereocenters. The van der Waals surface area contributed by atoms with Gasteiger partial charge in [0.15, 0.2) is 0 Å². The Bertz CT molecular complexity index is 632. The van der Waals surface area contributed by atoms with Gasteiger partial charge in [-0.1, -0.05) is 0 Å². The van der Waals surface area contributed by atoms with Crippen molar-refractivity contribution in [2.24, 2.45) is 11.8 Å². The molecule has 0 aliphatic carbocycles. The summed E-state index contributed by atoms with van der Waals surface area (Å²) in [5.74, 6) is 1.19. The molecule has 4 rings (SSSR count). The van der Waals surface area contributed by atoms with E-state index < -0.39 is 0 Å². The maximum Gasteiger partial charge on any atom is 0.272 e. The third-order valence-corrected chi connectivity index (χ3v) is 4.08. The first kappa shape index (κ1) is 13.3. The number of hydrogen-bond acceptors (Lipinski definition) is 5. The molecule has 2 fully saturated rings. The predicted octanol–water partition coefficient (Wildman–Crippen LogP) is 0.0661. The summed E-state index contributed by atoms with van der Waals surface area (Å²) in [6.07, 6.45) is 0. The highest BCUT2D eigenvalue weighted by Crippen LogP contribution is 2.27. The molecular formula is C12H15ClN6O. The van der Waals surface area contributed by atoms with Gasteiger partial charge in [0.2, 0.25) is 5.65 Å². The zero-order valence-electron chi connectivity index (χ0n) is 10.7. The number of hydrogen-bond donors (Lipinski definition) is 2. The van der Waals surface area contributed by atoms with E-state index in [9.17, 15) is 4.79 Å². The van der Waals surface area contributed by atoms with E-state index in [1.165, 1.54) is 0 Å². The predicted molar refractivity (Wildman–Crippen MR) is 74.7 cm³/mol. The SMILES string of the molecule is Cl.O=C(c1ccc2n[nH]nc2n1)N1C[C@H]2CNC[C@@H]2C1. The van der Waals surface area contributed by atoms with Crippen LogP contribution in [0.5, 0.6) is 0 Å². The summed E-state index contributed by atoms with van der Waals surface area (Å²) in [4.78, 5) is 18.6. The average molecular weight is 295 g/mol. The summed E-state index contributed by atoms with van der Waals surface area (Å²) in [5.41, 5.74) is 1.63. The van der Waals surface area contributed by atoms with Crippen molar-refractivity contribution in [3.63, 3.8) is 0 Å². The minimum Gasteiger partial charge on any atom is -0.337 e. The summed E-state index contributed by atoms with van der Waals surface area (Å²) < 4.78 is 0. The van der Waals surface area contributed by atoms with Gasteiger partial charge < -0.3 is 10.2 Å². The number of fused-ring (bicyclic) bond motifs is 2. The molecule has 106 valence electrons. The van der Waals surface area contributed by atoms with E-state index in [1.54, 1.807) is 12.1 Å². The van der Waals surface area contributed by atoms with Crippen molar-refractivity contribution in [2.45, 2.75) is 0 Å². The fourth-order valence-electron chi connectivity index (χ4n) is 3.04. The second-order valence-electron chi connectivity index (χ2n) is 5.25. The van der Waals surface area contributed by atoms with E-state index in [1.807, 2.05) is 4.90 Å². The summed E-state index contributed by atoms with van der Waals surface area (Å²) >= 11 is 0. The normalized spacial score (nSPS) is 24.7. The standard InChI is InChI=1S/C12H14N6O.ClH/c19-12(18-5-7-3-13-4-8(7)6-18)10-2-1-9-11(14-10)16-17-15-9;/h1-2,7-8,13H,3-6H2,(H,14,15,16,17);1H/t7-,8-;/m1./s1. The number of nitrogens with zero attached hydrogens (tertiary/aromatic N) is 4. The van der Waals surface area contributed by atoms with Gasteiger partial charge in [0.05, 0.1) is 0 Å². The molecule has 2 aromatic heterocycles. The van der Waals surface area contributed by atoms with E-state index in [2.05, 4.69) is 25.7 Å². The largest absolute Gasteiger partial charge is 0.337 e. The van der Waals surface area contributed by atoms with Crippen molar-refractivity contribution in [3.05, 3.63) is 17.8 Å². The van der Waals surface area contributed by atoms with Crippen molar-refractivity contribution in [1.29, 1.82) is 0 Å². The molecule has 2 saturated heterocycles. The van der Waals surface area contributed by atoms with Crippen LogP contribution >= 0.6 is 12.4 Å². The van der Waals surface area contributed by atoms with Crippen LogP contribution in [-0.4, -0.2) is 57.4 Å². The number of nitrogens with one attached hydrogen (secondary N) is 2. The van der Waals surface area contributed by atoms with Gasteiger partial charge in [0, 0.05) is 26.2 Å². The first-order valence-electron chi connectivity index (χ1n) is 6.49. The van der Waals surface area contributed by atoms with Crippen LogP contribution in [-0.2, 0) is 0 Å². The Morgan fingerprint density at radius 2 is 1.95 bits per heavy atom. The van der Waals surface area contributed by atoms with Crippen LogP contribution in [0.25, 0.3) is 11.2 Å². The maximum absolute atomic E-state index is 12.4. The molecule has 0 spiro atoms. The maximum atomic E-state index is 12.4. The Balaban J connectivity index is 0.00000121. The highest BCUT2D eigenvalue weighted by molar-refractivity contribution is 5.94. The van der Waals surface area contributed by atoms with Crippen molar-refractivity contribution < 1.29 is 4.79 Å². The number of halogens is 1. The fraction of sp³-hybridized carbons (Fsp3) is 0.500. The lowest BCUT2D eigenvalue weighted by atomic mass is 10.0. The number of carbonyl (C=O) groups is 1. The molecule has 0 bridgehead atoms. The van der Waals surface area contributed by atoms with Gasteiger partial charge >= 0.3 is 0 Å². The molecule has 0 aromatic carbocycles. The minimum atomic E-state index is -0.000648. The first-order chi connectivity index (χ1) is 9.31. The lowest BCUT2D eigenvalue weighted by Crippen LogP contribution is -2.32. The number of carbonyl (C=O) groups excluding carboxylic acids is 1. The Morgan fingerprint density at radius 3 is 2.70 bits per heavy atom. The Hall–Kier alpha value is -1.73. The molecule has 4 heterocycles. The van der Waals surface area contributed by atoms with Crippen molar-refractivity contribution in [2.75, 3.05) is 26.2 Å². The lowest BCUT2D eigenvalue weighted by Gasteiger charge is -2.16. The third kappa shape index (κ3) is 2.03. The second-order valence-corrected chi connectivity index (χ2v) is 5.25. The minimum absolute atomic E-state index is 0. The van der Waals surface area contributed by atoms with Gasteiger partial charge in [0.1, 0.15) is 11.2 Å². The fourth-order valence-corrected chi connectivity index (χ4v) is 3.04. The van der Waals surface area contributed by atoms with E-state index in [4.69, 9.17) is 0 Å². The van der Waals surface area contributed by atoms with Crippen LogP contribution < -0.4 is 5.32 Å². The van der Waals surface area contributed by atoms with E-state index >= 15 is 0 Å². The number of rotatable bonds is 1. The van der Waals surface area contributed by atoms with Gasteiger partial charge in [0.25, 0.3) is 5.91 Å². The smallest absolute Gasteiger partial charge is 0.272 e. The van der Waals surface area contributed by atoms with Crippen molar-refractivity contribution in [3.8, 4) is 0 Å². The van der Waals surface area contributed by atoms with Crippen LogP contribution in [0.15, 0.2) is 12.1 Å². The monoisotopic (exact) mass is 294 g/mol. The van der Waals surface area contributed by atoms with Crippen LogP contribution in [0.2, 0.25) is 0 Å². The summed E-state index contributed by atoms with van der Waals surface area (Å²) in [5, 5.41) is 13.7. The third-order valence-electron chi connectivity index (χ3n) is 4.08. The zero-order valence-corrected chi connectivity index (χ0v) is 11.6. The van der Waals surface area contributed by atoms with Crippen LogP contribution in [0.1, 0.15) is 10.5 Å². The first-order valence-corrected chi connectivity index (χ1v) is 6.49.